The van der Waals surface area contributed by atoms with Crippen molar-refractivity contribution in [2.24, 2.45) is 4.99 Å². The Labute approximate surface area is 112 Å². The number of nitrogens with one attached hydrogen (secondary N) is 1. The number of aliphatic hydroxyl groups excluding tert-OH is 1. The van der Waals surface area contributed by atoms with Crippen molar-refractivity contribution in [1.29, 1.82) is 0 Å². The summed E-state index contributed by atoms with van der Waals surface area (Å²) in [6.45, 7) is 4.87. The number of carbonyl (C=O) groups excluding carboxylic acids is 1. The van der Waals surface area contributed by atoms with Crippen molar-refractivity contribution in [2.75, 3.05) is 13.1 Å². The van der Waals surface area contributed by atoms with Gasteiger partial charge in [-0.3, -0.25) is 9.79 Å². The molecule has 2 rings (SSSR count). The summed E-state index contributed by atoms with van der Waals surface area (Å²) in [7, 11) is 0. The Morgan fingerprint density at radius 1 is 1.32 bits per heavy atom. The summed E-state index contributed by atoms with van der Waals surface area (Å²) < 4.78 is 0. The van der Waals surface area contributed by atoms with Crippen molar-refractivity contribution in [2.45, 2.75) is 20.3 Å². The van der Waals surface area contributed by atoms with Crippen LogP contribution in [0.2, 0.25) is 0 Å². The number of aryl methyl sites for hydroxylation is 1. The molecule has 1 aliphatic rings. The van der Waals surface area contributed by atoms with Gasteiger partial charge in [-0.05, 0) is 20.3 Å². The minimum Gasteiger partial charge on any atom is -0.506 e. The van der Waals surface area contributed by atoms with Crippen LogP contribution in [0.5, 0.6) is 0 Å². The van der Waals surface area contributed by atoms with Gasteiger partial charge >= 0.3 is 0 Å². The molecule has 19 heavy (non-hydrogen) atoms. The van der Waals surface area contributed by atoms with Gasteiger partial charge in [0.2, 0.25) is 0 Å². The summed E-state index contributed by atoms with van der Waals surface area (Å²) in [5.74, 6) is 0.295. The molecule has 0 aliphatic carbocycles. The Morgan fingerprint density at radius 2 is 2.00 bits per heavy atom. The van der Waals surface area contributed by atoms with Gasteiger partial charge in [-0.25, -0.2) is 0 Å². The molecule has 2 N–H and O–H groups in total. The normalized spacial score (nSPS) is 16.2. The summed E-state index contributed by atoms with van der Waals surface area (Å²) in [4.78, 5) is 16.1. The molecule has 0 saturated heterocycles. The molecular formula is C15H18N2O2. The van der Waals surface area contributed by atoms with E-state index in [-0.39, 0.29) is 17.1 Å². The van der Waals surface area contributed by atoms with Crippen molar-refractivity contribution in [1.82, 2.24) is 5.32 Å². The van der Waals surface area contributed by atoms with Crippen LogP contribution in [-0.4, -0.2) is 29.8 Å². The molecule has 0 amide bonds. The molecule has 4 nitrogen and oxygen atoms in total. The monoisotopic (exact) mass is 258 g/mol. The molecule has 0 atom stereocenters. The topological polar surface area (TPSA) is 61.7 Å². The minimum atomic E-state index is -0.189. The highest BCUT2D eigenvalue weighted by atomic mass is 16.3. The van der Waals surface area contributed by atoms with E-state index in [4.69, 9.17) is 0 Å². The zero-order valence-corrected chi connectivity index (χ0v) is 11.2. The van der Waals surface area contributed by atoms with Crippen molar-refractivity contribution >= 4 is 17.4 Å². The van der Waals surface area contributed by atoms with Crippen LogP contribution in [0.4, 0.5) is 0 Å². The van der Waals surface area contributed by atoms with E-state index in [9.17, 15) is 9.90 Å². The molecule has 1 aromatic rings. The summed E-state index contributed by atoms with van der Waals surface area (Å²) in [5, 5.41) is 13.4. The first-order chi connectivity index (χ1) is 9.09. The molecule has 4 heteroatoms. The highest BCUT2D eigenvalue weighted by Gasteiger charge is 2.20. The van der Waals surface area contributed by atoms with Gasteiger partial charge in [0.15, 0.2) is 5.78 Å². The Balaban J connectivity index is 2.46. The lowest BCUT2D eigenvalue weighted by Crippen LogP contribution is -2.33. The van der Waals surface area contributed by atoms with Gasteiger partial charge in [0.1, 0.15) is 17.2 Å². The number of hydrogen-bond acceptors (Lipinski definition) is 4. The number of aliphatic imine (C=N–C) groups is 1. The minimum absolute atomic E-state index is 0.0133. The first kappa shape index (κ1) is 13.3. The van der Waals surface area contributed by atoms with Crippen LogP contribution in [0.3, 0.4) is 0 Å². The Hall–Kier alpha value is -2.10. The quantitative estimate of drug-likeness (QED) is 0.645. The maximum absolute atomic E-state index is 11.8. The Morgan fingerprint density at radius 3 is 2.53 bits per heavy atom. The first-order valence-electron chi connectivity index (χ1n) is 6.39. The van der Waals surface area contributed by atoms with E-state index in [2.05, 4.69) is 10.3 Å². The van der Waals surface area contributed by atoms with E-state index in [0.29, 0.717) is 17.9 Å². The van der Waals surface area contributed by atoms with Gasteiger partial charge in [0, 0.05) is 18.7 Å². The Bertz CT molecular complexity index is 542. The molecule has 0 aromatic heterocycles. The summed E-state index contributed by atoms with van der Waals surface area (Å²) in [5.41, 5.74) is 2.00. The van der Waals surface area contributed by atoms with Gasteiger partial charge in [-0.15, -0.1) is 0 Å². The largest absolute Gasteiger partial charge is 0.506 e. The molecule has 0 bridgehead atoms. The molecular weight excluding hydrogens is 240 g/mol. The predicted molar refractivity (Wildman–Crippen MR) is 76.3 cm³/mol. The third-order valence-electron chi connectivity index (χ3n) is 3.05. The second-order valence-electron chi connectivity index (χ2n) is 4.66. The lowest BCUT2D eigenvalue weighted by atomic mass is 10.0. The molecule has 1 aromatic carbocycles. The second kappa shape index (κ2) is 5.69. The van der Waals surface area contributed by atoms with Crippen molar-refractivity contribution in [3.8, 4) is 0 Å². The third-order valence-corrected chi connectivity index (χ3v) is 3.05. The second-order valence-corrected chi connectivity index (χ2v) is 4.66. The van der Waals surface area contributed by atoms with E-state index >= 15 is 0 Å². The first-order valence-corrected chi connectivity index (χ1v) is 6.39. The zero-order chi connectivity index (χ0) is 13.8. The molecule has 0 unspecified atom stereocenters. The fraction of sp³-hybridized carbons (Fsp3) is 0.333. The van der Waals surface area contributed by atoms with Crippen LogP contribution in [-0.2, 0) is 4.79 Å². The van der Waals surface area contributed by atoms with E-state index in [0.717, 1.165) is 18.5 Å². The molecule has 1 aliphatic heterocycles. The zero-order valence-electron chi connectivity index (χ0n) is 11.2. The number of benzene rings is 1. The van der Waals surface area contributed by atoms with E-state index in [1.165, 1.54) is 6.92 Å². The summed E-state index contributed by atoms with van der Waals surface area (Å²) >= 11 is 0. The molecule has 0 spiro atoms. The standard InChI is InChI=1S/C15H18N2O2/c1-10-4-6-12(7-5-10)14(19)13(11(2)18)15-16-8-3-9-17-15/h4-7,19H,3,8-9H2,1-2H3,(H,16,17)/b14-13+. The maximum atomic E-state index is 11.8. The van der Waals surface area contributed by atoms with E-state index < -0.39 is 0 Å². The van der Waals surface area contributed by atoms with E-state index in [1.807, 2.05) is 19.1 Å². The third kappa shape index (κ3) is 3.02. The van der Waals surface area contributed by atoms with Gasteiger partial charge in [0.25, 0.3) is 0 Å². The van der Waals surface area contributed by atoms with Crippen molar-refractivity contribution in [3.63, 3.8) is 0 Å². The number of ketones is 1. The van der Waals surface area contributed by atoms with Crippen LogP contribution in [0.25, 0.3) is 5.76 Å². The molecule has 100 valence electrons. The SMILES string of the molecule is CC(=O)/C(C1=NCCCN1)=C(\O)c1ccc(C)cc1. The number of aliphatic hydroxyl groups is 1. The predicted octanol–water partition coefficient (Wildman–Crippen LogP) is 2.24. The highest BCUT2D eigenvalue weighted by Crippen LogP contribution is 2.19. The fourth-order valence-corrected chi connectivity index (χ4v) is 2.00. The molecule has 1 heterocycles. The van der Waals surface area contributed by atoms with Gasteiger partial charge in [-0.1, -0.05) is 29.8 Å². The molecule has 0 saturated carbocycles. The maximum Gasteiger partial charge on any atom is 0.167 e. The average Bonchev–Trinajstić information content (AvgIpc) is 2.40. The summed E-state index contributed by atoms with van der Waals surface area (Å²) in [6.07, 6.45) is 0.944. The highest BCUT2D eigenvalue weighted by molar-refractivity contribution is 6.25. The lowest BCUT2D eigenvalue weighted by Gasteiger charge is -2.17. The number of nitrogens with zero attached hydrogens (tertiary/aromatic N) is 1. The van der Waals surface area contributed by atoms with Crippen LogP contribution in [0.1, 0.15) is 24.5 Å². The van der Waals surface area contributed by atoms with Crippen molar-refractivity contribution < 1.29 is 9.90 Å². The smallest absolute Gasteiger partial charge is 0.167 e. The number of hydrogen-bond donors (Lipinski definition) is 2. The van der Waals surface area contributed by atoms with Crippen LogP contribution < -0.4 is 5.32 Å². The summed E-state index contributed by atoms with van der Waals surface area (Å²) in [6, 6.07) is 7.41. The average molecular weight is 258 g/mol. The van der Waals surface area contributed by atoms with Crippen LogP contribution in [0, 0.1) is 6.92 Å². The number of rotatable bonds is 3. The molecule has 0 fully saturated rings. The van der Waals surface area contributed by atoms with Gasteiger partial charge in [-0.2, -0.15) is 0 Å². The van der Waals surface area contributed by atoms with Crippen molar-refractivity contribution in [3.05, 3.63) is 41.0 Å². The van der Waals surface area contributed by atoms with Crippen LogP contribution >= 0.6 is 0 Å². The fourth-order valence-electron chi connectivity index (χ4n) is 2.00. The van der Waals surface area contributed by atoms with Gasteiger partial charge in [0.05, 0.1) is 0 Å². The Kier molecular flexibility index (Phi) is 4.00. The molecule has 0 radical (unpaired) electrons. The number of amidine groups is 1. The van der Waals surface area contributed by atoms with E-state index in [1.54, 1.807) is 12.1 Å². The lowest BCUT2D eigenvalue weighted by molar-refractivity contribution is -0.113. The number of carbonyl (C=O) groups is 1. The van der Waals surface area contributed by atoms with Gasteiger partial charge < -0.3 is 10.4 Å². The number of Topliss-reactive ketones (excluding diaryl/α,β-unsaturated/α-hetero) is 1. The van der Waals surface area contributed by atoms with Crippen LogP contribution in [0.15, 0.2) is 34.8 Å².